The van der Waals surface area contributed by atoms with E-state index in [0.29, 0.717) is 0 Å². The van der Waals surface area contributed by atoms with E-state index in [1.807, 2.05) is 30.3 Å². The van der Waals surface area contributed by atoms with E-state index in [1.54, 1.807) is 7.11 Å². The molecule has 3 N–H and O–H groups in total. The summed E-state index contributed by atoms with van der Waals surface area (Å²) in [5.41, 5.74) is 4.30. The van der Waals surface area contributed by atoms with E-state index in [1.165, 1.54) is 0 Å². The Morgan fingerprint density at radius 3 is 2.53 bits per heavy atom. The van der Waals surface area contributed by atoms with Crippen LogP contribution in [0.15, 0.2) is 42.5 Å². The Kier molecular flexibility index (Phi) is 2.00. The number of aromatic nitrogens is 1. The van der Waals surface area contributed by atoms with Crippen LogP contribution in [-0.4, -0.2) is 12.1 Å². The fourth-order valence-electron chi connectivity index (χ4n) is 2.49. The summed E-state index contributed by atoms with van der Waals surface area (Å²) in [5.74, 6) is 1.84. The number of nitrogens with one attached hydrogen (secondary N) is 3. The zero-order chi connectivity index (χ0) is 12.8. The van der Waals surface area contributed by atoms with Gasteiger partial charge in [0.25, 0.3) is 0 Å². The van der Waals surface area contributed by atoms with Crippen LogP contribution in [0.3, 0.4) is 0 Å². The van der Waals surface area contributed by atoms with Crippen LogP contribution in [0.4, 0.5) is 22.9 Å². The first-order valence-electron chi connectivity index (χ1n) is 6.18. The molecule has 0 saturated heterocycles. The predicted octanol–water partition coefficient (Wildman–Crippen LogP) is 3.98. The molecule has 1 aliphatic rings. The minimum Gasteiger partial charge on any atom is -0.497 e. The highest BCUT2D eigenvalue weighted by Gasteiger charge is 2.18. The van der Waals surface area contributed by atoms with Crippen molar-refractivity contribution in [1.29, 1.82) is 0 Å². The molecule has 19 heavy (non-hydrogen) atoms. The molecule has 4 rings (SSSR count). The molecule has 0 atom stereocenters. The Hall–Kier alpha value is -2.62. The highest BCUT2D eigenvalue weighted by molar-refractivity contribution is 6.06. The Labute approximate surface area is 110 Å². The first kappa shape index (κ1) is 10.3. The van der Waals surface area contributed by atoms with Crippen LogP contribution >= 0.6 is 0 Å². The third kappa shape index (κ3) is 1.46. The van der Waals surface area contributed by atoms with Crippen molar-refractivity contribution in [3.63, 3.8) is 0 Å². The van der Waals surface area contributed by atoms with Crippen molar-refractivity contribution < 1.29 is 4.74 Å². The SMILES string of the molecule is COc1ccc2[nH]c3c(c2c1)Nc1ccccc1N3. The number of hydrogen-bond acceptors (Lipinski definition) is 3. The summed E-state index contributed by atoms with van der Waals surface area (Å²) >= 11 is 0. The second kappa shape index (κ2) is 3.68. The Morgan fingerprint density at radius 2 is 1.74 bits per heavy atom. The highest BCUT2D eigenvalue weighted by atomic mass is 16.5. The molecular weight excluding hydrogens is 238 g/mol. The van der Waals surface area contributed by atoms with Crippen molar-refractivity contribution in [2.24, 2.45) is 0 Å². The number of hydrogen-bond donors (Lipinski definition) is 3. The van der Waals surface area contributed by atoms with Gasteiger partial charge in [-0.3, -0.25) is 0 Å². The van der Waals surface area contributed by atoms with Gasteiger partial charge in [-0.2, -0.15) is 0 Å². The van der Waals surface area contributed by atoms with Crippen LogP contribution < -0.4 is 15.4 Å². The van der Waals surface area contributed by atoms with Gasteiger partial charge in [-0.15, -0.1) is 0 Å². The molecule has 0 amide bonds. The largest absolute Gasteiger partial charge is 0.497 e. The summed E-state index contributed by atoms with van der Waals surface area (Å²) in [6.45, 7) is 0. The van der Waals surface area contributed by atoms with Crippen molar-refractivity contribution in [3.05, 3.63) is 42.5 Å². The summed E-state index contributed by atoms with van der Waals surface area (Å²) in [4.78, 5) is 3.38. The number of fused-ring (bicyclic) bond motifs is 4. The molecule has 0 unspecified atom stereocenters. The topological polar surface area (TPSA) is 49.1 Å². The molecule has 0 spiro atoms. The molecule has 4 heteroatoms. The average molecular weight is 251 g/mol. The van der Waals surface area contributed by atoms with Gasteiger partial charge in [-0.25, -0.2) is 0 Å². The van der Waals surface area contributed by atoms with Crippen LogP contribution in [-0.2, 0) is 0 Å². The summed E-state index contributed by atoms with van der Waals surface area (Å²) in [6.07, 6.45) is 0. The summed E-state index contributed by atoms with van der Waals surface area (Å²) in [5, 5.41) is 8.00. The molecule has 2 heterocycles. The molecule has 0 fully saturated rings. The van der Waals surface area contributed by atoms with E-state index in [4.69, 9.17) is 4.74 Å². The Morgan fingerprint density at radius 1 is 0.947 bits per heavy atom. The van der Waals surface area contributed by atoms with Crippen LogP contribution in [0, 0.1) is 0 Å². The van der Waals surface area contributed by atoms with E-state index in [0.717, 1.165) is 39.5 Å². The van der Waals surface area contributed by atoms with Crippen molar-refractivity contribution in [1.82, 2.24) is 4.98 Å². The summed E-state index contributed by atoms with van der Waals surface area (Å²) < 4.78 is 5.29. The normalized spacial score (nSPS) is 12.3. The highest BCUT2D eigenvalue weighted by Crippen LogP contribution is 2.42. The second-order valence-corrected chi connectivity index (χ2v) is 4.58. The first-order chi connectivity index (χ1) is 9.35. The van der Waals surface area contributed by atoms with Crippen molar-refractivity contribution in [2.45, 2.75) is 0 Å². The van der Waals surface area contributed by atoms with E-state index in [9.17, 15) is 0 Å². The molecule has 1 aromatic heterocycles. The second-order valence-electron chi connectivity index (χ2n) is 4.58. The van der Waals surface area contributed by atoms with Crippen molar-refractivity contribution in [3.8, 4) is 5.75 Å². The molecule has 0 saturated carbocycles. The lowest BCUT2D eigenvalue weighted by Gasteiger charge is -2.19. The van der Waals surface area contributed by atoms with Gasteiger partial charge in [-0.05, 0) is 30.3 Å². The van der Waals surface area contributed by atoms with E-state index in [-0.39, 0.29) is 0 Å². The molecule has 94 valence electrons. The van der Waals surface area contributed by atoms with Gasteiger partial charge >= 0.3 is 0 Å². The number of anilines is 4. The maximum absolute atomic E-state index is 5.29. The van der Waals surface area contributed by atoms with E-state index < -0.39 is 0 Å². The van der Waals surface area contributed by atoms with Gasteiger partial charge in [0, 0.05) is 10.9 Å². The van der Waals surface area contributed by atoms with Crippen molar-refractivity contribution >= 4 is 33.8 Å². The minimum atomic E-state index is 0.856. The maximum Gasteiger partial charge on any atom is 0.133 e. The van der Waals surface area contributed by atoms with Crippen LogP contribution in [0.25, 0.3) is 10.9 Å². The van der Waals surface area contributed by atoms with E-state index >= 15 is 0 Å². The predicted molar refractivity (Wildman–Crippen MR) is 77.9 cm³/mol. The first-order valence-corrected chi connectivity index (χ1v) is 6.18. The summed E-state index contributed by atoms with van der Waals surface area (Å²) in [6, 6.07) is 14.2. The number of para-hydroxylation sites is 2. The average Bonchev–Trinajstić information content (AvgIpc) is 2.81. The van der Waals surface area contributed by atoms with Gasteiger partial charge in [0.15, 0.2) is 0 Å². The van der Waals surface area contributed by atoms with Gasteiger partial charge in [0.05, 0.1) is 24.2 Å². The minimum absolute atomic E-state index is 0.856. The quantitative estimate of drug-likeness (QED) is 0.479. The Bertz CT molecular complexity index is 776. The fraction of sp³-hybridized carbons (Fsp3) is 0.0667. The molecular formula is C15H13N3O. The number of methoxy groups -OCH3 is 1. The van der Waals surface area contributed by atoms with Crippen LogP contribution in [0.2, 0.25) is 0 Å². The summed E-state index contributed by atoms with van der Waals surface area (Å²) in [7, 11) is 1.68. The van der Waals surface area contributed by atoms with Gasteiger partial charge < -0.3 is 20.4 Å². The van der Waals surface area contributed by atoms with Crippen LogP contribution in [0.1, 0.15) is 0 Å². The van der Waals surface area contributed by atoms with Gasteiger partial charge in [0.1, 0.15) is 11.6 Å². The molecule has 3 aromatic rings. The monoisotopic (exact) mass is 251 g/mol. The van der Waals surface area contributed by atoms with Crippen LogP contribution in [0.5, 0.6) is 5.75 Å². The Balaban J connectivity index is 1.92. The lowest BCUT2D eigenvalue weighted by atomic mass is 10.1. The maximum atomic E-state index is 5.29. The van der Waals surface area contributed by atoms with Crippen molar-refractivity contribution in [2.75, 3.05) is 17.7 Å². The van der Waals surface area contributed by atoms with Gasteiger partial charge in [0.2, 0.25) is 0 Å². The zero-order valence-electron chi connectivity index (χ0n) is 10.4. The molecule has 4 nitrogen and oxygen atoms in total. The third-order valence-electron chi connectivity index (χ3n) is 3.45. The smallest absolute Gasteiger partial charge is 0.133 e. The molecule has 0 radical (unpaired) electrons. The molecule has 0 bridgehead atoms. The third-order valence-corrected chi connectivity index (χ3v) is 3.45. The molecule has 1 aliphatic heterocycles. The molecule has 0 aliphatic carbocycles. The molecule has 2 aromatic carbocycles. The van der Waals surface area contributed by atoms with Gasteiger partial charge in [-0.1, -0.05) is 12.1 Å². The fourth-order valence-corrected chi connectivity index (χ4v) is 2.49. The standard InChI is InChI=1S/C15H13N3O/c1-19-9-6-7-11-10(8-9)14-15(17-11)18-13-5-3-2-4-12(13)16-14/h2-8,16-18H,1H3. The number of H-pyrrole nitrogens is 1. The number of rotatable bonds is 1. The number of aromatic amines is 1. The number of benzene rings is 2. The van der Waals surface area contributed by atoms with E-state index in [2.05, 4.69) is 27.8 Å². The lowest BCUT2D eigenvalue weighted by Crippen LogP contribution is -2.04. The lowest BCUT2D eigenvalue weighted by molar-refractivity contribution is 0.415. The zero-order valence-corrected chi connectivity index (χ0v) is 10.4. The number of ether oxygens (including phenoxy) is 1.